The number of benzene rings is 2. The molecule has 3 aromatic rings. The molecule has 0 bridgehead atoms. The molecule has 1 saturated heterocycles. The average Bonchev–Trinajstić information content (AvgIpc) is 3.35. The lowest BCUT2D eigenvalue weighted by Gasteiger charge is -2.31. The standard InChI is InChI=1S/C25H27N5O3S/c1-16-9-11-20(12-10-16)27-22(32)23-28-29-24(34-23)25(33)30-13-5-8-19(15-30)21(31)26-14-18-7-4-3-6-17(18)2/h3-4,6-7,9-12,19H,5,8,13-15H2,1-2H3,(H,26,31)(H,27,32)/t19-/m1/s1. The quantitative estimate of drug-likeness (QED) is 0.565. The second-order valence-electron chi connectivity index (χ2n) is 8.47. The van der Waals surface area contributed by atoms with Crippen LogP contribution in [0.25, 0.3) is 0 Å². The minimum absolute atomic E-state index is 0.0591. The Balaban J connectivity index is 1.34. The molecule has 2 aromatic carbocycles. The number of nitrogens with zero attached hydrogens (tertiary/aromatic N) is 3. The second kappa shape index (κ2) is 10.6. The van der Waals surface area contributed by atoms with Gasteiger partial charge in [0.15, 0.2) is 0 Å². The van der Waals surface area contributed by atoms with E-state index in [0.29, 0.717) is 25.3 Å². The Morgan fingerprint density at radius 3 is 2.53 bits per heavy atom. The molecule has 9 heteroatoms. The summed E-state index contributed by atoms with van der Waals surface area (Å²) in [6.45, 7) is 5.31. The molecular weight excluding hydrogens is 450 g/mol. The summed E-state index contributed by atoms with van der Waals surface area (Å²) in [4.78, 5) is 39.9. The summed E-state index contributed by atoms with van der Waals surface area (Å²) in [5.74, 6) is -1.05. The van der Waals surface area contributed by atoms with Crippen LogP contribution in [0.4, 0.5) is 5.69 Å². The maximum Gasteiger partial charge on any atom is 0.286 e. The van der Waals surface area contributed by atoms with Crippen LogP contribution in [0.3, 0.4) is 0 Å². The van der Waals surface area contributed by atoms with Crippen LogP contribution >= 0.6 is 11.3 Å². The molecule has 1 aliphatic rings. The molecule has 0 spiro atoms. The normalized spacial score (nSPS) is 15.6. The molecule has 3 amide bonds. The summed E-state index contributed by atoms with van der Waals surface area (Å²) in [5, 5.41) is 13.9. The summed E-state index contributed by atoms with van der Waals surface area (Å²) in [7, 11) is 0. The topological polar surface area (TPSA) is 104 Å². The van der Waals surface area contributed by atoms with Gasteiger partial charge >= 0.3 is 0 Å². The van der Waals surface area contributed by atoms with Crippen LogP contribution in [0.1, 0.15) is 49.1 Å². The Labute approximate surface area is 202 Å². The van der Waals surface area contributed by atoms with Crippen molar-refractivity contribution in [2.24, 2.45) is 5.92 Å². The number of aromatic nitrogens is 2. The van der Waals surface area contributed by atoms with Gasteiger partial charge in [0, 0.05) is 25.3 Å². The van der Waals surface area contributed by atoms with E-state index >= 15 is 0 Å². The maximum absolute atomic E-state index is 13.0. The number of hydrogen-bond donors (Lipinski definition) is 2. The van der Waals surface area contributed by atoms with Gasteiger partial charge in [0.1, 0.15) is 0 Å². The van der Waals surface area contributed by atoms with Crippen molar-refractivity contribution in [2.45, 2.75) is 33.2 Å². The lowest BCUT2D eigenvalue weighted by atomic mass is 9.97. The monoisotopic (exact) mass is 477 g/mol. The fourth-order valence-corrected chi connectivity index (χ4v) is 4.58. The van der Waals surface area contributed by atoms with Crippen molar-refractivity contribution < 1.29 is 14.4 Å². The average molecular weight is 478 g/mol. The number of carbonyl (C=O) groups excluding carboxylic acids is 3. The number of anilines is 1. The van der Waals surface area contributed by atoms with Gasteiger partial charge in [-0.25, -0.2) is 0 Å². The van der Waals surface area contributed by atoms with Gasteiger partial charge in [-0.2, -0.15) is 0 Å². The summed E-state index contributed by atoms with van der Waals surface area (Å²) < 4.78 is 0. The largest absolute Gasteiger partial charge is 0.352 e. The van der Waals surface area contributed by atoms with Gasteiger partial charge in [-0.1, -0.05) is 53.3 Å². The van der Waals surface area contributed by atoms with E-state index in [1.54, 1.807) is 17.0 Å². The van der Waals surface area contributed by atoms with E-state index in [0.717, 1.165) is 40.9 Å². The highest BCUT2D eigenvalue weighted by molar-refractivity contribution is 7.15. The predicted molar refractivity (Wildman–Crippen MR) is 131 cm³/mol. The van der Waals surface area contributed by atoms with Gasteiger partial charge in [0.2, 0.25) is 15.9 Å². The zero-order valence-electron chi connectivity index (χ0n) is 19.2. The Morgan fingerprint density at radius 1 is 1.03 bits per heavy atom. The van der Waals surface area contributed by atoms with Crippen LogP contribution in [0.5, 0.6) is 0 Å². The van der Waals surface area contributed by atoms with Crippen molar-refractivity contribution in [3.05, 3.63) is 75.2 Å². The van der Waals surface area contributed by atoms with Gasteiger partial charge in [-0.3, -0.25) is 14.4 Å². The van der Waals surface area contributed by atoms with Crippen molar-refractivity contribution in [1.29, 1.82) is 0 Å². The smallest absolute Gasteiger partial charge is 0.286 e. The van der Waals surface area contributed by atoms with Crippen LogP contribution in [0, 0.1) is 19.8 Å². The Bertz CT molecular complexity index is 1190. The molecule has 1 aromatic heterocycles. The molecule has 1 fully saturated rings. The Kier molecular flexibility index (Phi) is 7.32. The first-order valence-electron chi connectivity index (χ1n) is 11.2. The zero-order valence-corrected chi connectivity index (χ0v) is 20.0. The van der Waals surface area contributed by atoms with Crippen LogP contribution in [-0.4, -0.2) is 45.9 Å². The van der Waals surface area contributed by atoms with E-state index in [1.165, 1.54) is 0 Å². The lowest BCUT2D eigenvalue weighted by molar-refractivity contribution is -0.126. The van der Waals surface area contributed by atoms with Crippen LogP contribution < -0.4 is 10.6 Å². The van der Waals surface area contributed by atoms with Crippen LogP contribution in [0.2, 0.25) is 0 Å². The van der Waals surface area contributed by atoms with Gasteiger partial charge < -0.3 is 15.5 Å². The minimum atomic E-state index is -0.410. The lowest BCUT2D eigenvalue weighted by Crippen LogP contribution is -2.45. The molecule has 176 valence electrons. The molecule has 0 radical (unpaired) electrons. The number of carbonyl (C=O) groups is 3. The summed E-state index contributed by atoms with van der Waals surface area (Å²) in [6, 6.07) is 15.3. The number of nitrogens with one attached hydrogen (secondary N) is 2. The van der Waals surface area contributed by atoms with E-state index in [1.807, 2.05) is 50.2 Å². The Hall–Kier alpha value is -3.59. The Morgan fingerprint density at radius 2 is 1.76 bits per heavy atom. The number of aryl methyl sites for hydroxylation is 2. The van der Waals surface area contributed by atoms with Gasteiger partial charge in [0.25, 0.3) is 11.8 Å². The number of rotatable bonds is 6. The first-order valence-corrected chi connectivity index (χ1v) is 12.1. The molecular formula is C25H27N5O3S. The molecule has 2 heterocycles. The van der Waals surface area contributed by atoms with Crippen molar-refractivity contribution >= 4 is 34.7 Å². The highest BCUT2D eigenvalue weighted by Gasteiger charge is 2.31. The first kappa shape index (κ1) is 23.6. The van der Waals surface area contributed by atoms with Crippen molar-refractivity contribution in [3.63, 3.8) is 0 Å². The van der Waals surface area contributed by atoms with Gasteiger partial charge in [-0.15, -0.1) is 10.2 Å². The molecule has 1 aliphatic heterocycles. The molecule has 8 nitrogen and oxygen atoms in total. The number of amides is 3. The third-order valence-corrected chi connectivity index (χ3v) is 6.82. The van der Waals surface area contributed by atoms with E-state index in [4.69, 9.17) is 0 Å². The predicted octanol–water partition coefficient (Wildman–Crippen LogP) is 3.58. The molecule has 4 rings (SSSR count). The third kappa shape index (κ3) is 5.66. The number of piperidine rings is 1. The third-order valence-electron chi connectivity index (χ3n) is 5.91. The van der Waals surface area contributed by atoms with Crippen LogP contribution in [0.15, 0.2) is 48.5 Å². The SMILES string of the molecule is Cc1ccc(NC(=O)c2nnc(C(=O)N3CCC[C@@H](C(=O)NCc4ccccc4C)C3)s2)cc1. The fraction of sp³-hybridized carbons (Fsp3) is 0.320. The van der Waals surface area contributed by atoms with Gasteiger partial charge in [-0.05, 0) is 49.9 Å². The summed E-state index contributed by atoms with van der Waals surface area (Å²) >= 11 is 0.958. The van der Waals surface area contributed by atoms with Gasteiger partial charge in [0.05, 0.1) is 5.92 Å². The summed E-state index contributed by atoms with van der Waals surface area (Å²) in [6.07, 6.45) is 1.46. The van der Waals surface area contributed by atoms with Crippen LogP contribution in [-0.2, 0) is 11.3 Å². The van der Waals surface area contributed by atoms with Crippen molar-refractivity contribution in [1.82, 2.24) is 20.4 Å². The molecule has 34 heavy (non-hydrogen) atoms. The minimum Gasteiger partial charge on any atom is -0.352 e. The maximum atomic E-state index is 13.0. The fourth-order valence-electron chi connectivity index (χ4n) is 3.87. The number of likely N-dealkylation sites (tertiary alicyclic amines) is 1. The zero-order chi connectivity index (χ0) is 24.1. The second-order valence-corrected chi connectivity index (χ2v) is 9.44. The first-order chi connectivity index (χ1) is 16.4. The highest BCUT2D eigenvalue weighted by atomic mass is 32.1. The van der Waals surface area contributed by atoms with E-state index in [9.17, 15) is 14.4 Å². The number of hydrogen-bond acceptors (Lipinski definition) is 6. The molecule has 0 unspecified atom stereocenters. The summed E-state index contributed by atoms with van der Waals surface area (Å²) in [5.41, 5.74) is 3.94. The van der Waals surface area contributed by atoms with Crippen molar-refractivity contribution in [3.8, 4) is 0 Å². The van der Waals surface area contributed by atoms with E-state index < -0.39 is 5.91 Å². The van der Waals surface area contributed by atoms with Crippen molar-refractivity contribution in [2.75, 3.05) is 18.4 Å². The molecule has 0 aliphatic carbocycles. The van der Waals surface area contributed by atoms with E-state index in [2.05, 4.69) is 20.8 Å². The molecule has 0 saturated carbocycles. The highest BCUT2D eigenvalue weighted by Crippen LogP contribution is 2.21. The molecule has 1 atom stereocenters. The van der Waals surface area contributed by atoms with E-state index in [-0.39, 0.29) is 27.7 Å². The molecule has 2 N–H and O–H groups in total.